The number of nitrogens with one attached hydrogen (secondary N) is 1. The van der Waals surface area contributed by atoms with Crippen molar-refractivity contribution in [3.63, 3.8) is 0 Å². The van der Waals surface area contributed by atoms with Crippen LogP contribution in [0.15, 0.2) is 12.7 Å². The van der Waals surface area contributed by atoms with Crippen LogP contribution in [0.5, 0.6) is 0 Å². The fourth-order valence-electron chi connectivity index (χ4n) is 1.16. The van der Waals surface area contributed by atoms with Crippen LogP contribution >= 0.6 is 0 Å². The fraction of sp³-hybridized carbons (Fsp3) is 0.778. The van der Waals surface area contributed by atoms with Gasteiger partial charge in [0, 0.05) is 6.04 Å². The van der Waals surface area contributed by atoms with Gasteiger partial charge in [0.25, 0.3) is 0 Å². The van der Waals surface area contributed by atoms with Gasteiger partial charge in [-0.1, -0.05) is 13.0 Å². The highest BCUT2D eigenvalue weighted by atomic mass is 19.4. The molecule has 4 heteroatoms. The lowest BCUT2D eigenvalue weighted by molar-refractivity contribution is -0.140. The highest BCUT2D eigenvalue weighted by molar-refractivity contribution is 4.75. The lowest BCUT2D eigenvalue weighted by Crippen LogP contribution is -2.33. The molecule has 0 saturated carbocycles. The third kappa shape index (κ3) is 7.84. The first kappa shape index (κ1) is 12.5. The van der Waals surface area contributed by atoms with Crippen LogP contribution in [-0.2, 0) is 0 Å². The summed E-state index contributed by atoms with van der Waals surface area (Å²) in [4.78, 5) is 0. The molecule has 0 aromatic heterocycles. The van der Waals surface area contributed by atoms with Gasteiger partial charge in [-0.2, -0.15) is 13.2 Å². The Morgan fingerprint density at radius 3 is 2.46 bits per heavy atom. The van der Waals surface area contributed by atoms with Crippen molar-refractivity contribution in [1.29, 1.82) is 0 Å². The number of rotatable bonds is 6. The topological polar surface area (TPSA) is 12.0 Å². The van der Waals surface area contributed by atoms with Gasteiger partial charge in [0.05, 0.1) is 6.42 Å². The Balaban J connectivity index is 3.86. The predicted molar refractivity (Wildman–Crippen MR) is 47.6 cm³/mol. The molecule has 0 aliphatic rings. The van der Waals surface area contributed by atoms with E-state index < -0.39 is 18.6 Å². The summed E-state index contributed by atoms with van der Waals surface area (Å²) in [5.74, 6) is 0. The summed E-state index contributed by atoms with van der Waals surface area (Å²) in [6.07, 6.45) is -2.08. The molecule has 0 rings (SSSR count). The maximum Gasteiger partial charge on any atom is 0.390 e. The second kappa shape index (κ2) is 6.02. The largest absolute Gasteiger partial charge is 0.390 e. The number of allylic oxidation sites excluding steroid dienone is 1. The van der Waals surface area contributed by atoms with Gasteiger partial charge in [-0.25, -0.2) is 0 Å². The molecule has 0 fully saturated rings. The van der Waals surface area contributed by atoms with Gasteiger partial charge >= 0.3 is 6.18 Å². The summed E-state index contributed by atoms with van der Waals surface area (Å²) in [6, 6.07) is -0.469. The molecule has 0 spiro atoms. The molecule has 0 radical (unpaired) electrons. The SMILES string of the molecule is C=CCCC(CC(F)(F)F)NCC. The first-order valence-corrected chi connectivity index (χ1v) is 4.40. The van der Waals surface area contributed by atoms with Crippen molar-refractivity contribution < 1.29 is 13.2 Å². The Morgan fingerprint density at radius 1 is 1.46 bits per heavy atom. The minimum absolute atomic E-state index is 0.469. The summed E-state index contributed by atoms with van der Waals surface area (Å²) in [5, 5.41) is 2.81. The molecule has 0 aromatic rings. The van der Waals surface area contributed by atoms with E-state index in [1.165, 1.54) is 0 Å². The number of hydrogen-bond acceptors (Lipinski definition) is 1. The summed E-state index contributed by atoms with van der Waals surface area (Å²) < 4.78 is 36.0. The van der Waals surface area contributed by atoms with Crippen molar-refractivity contribution >= 4 is 0 Å². The van der Waals surface area contributed by atoms with E-state index in [4.69, 9.17) is 0 Å². The Bertz CT molecular complexity index is 142. The van der Waals surface area contributed by atoms with Crippen molar-refractivity contribution in [2.75, 3.05) is 6.54 Å². The zero-order valence-electron chi connectivity index (χ0n) is 7.82. The second-order valence-electron chi connectivity index (χ2n) is 2.94. The molecule has 0 aliphatic carbocycles. The van der Waals surface area contributed by atoms with E-state index in [1.807, 2.05) is 0 Å². The van der Waals surface area contributed by atoms with Crippen LogP contribution in [0.2, 0.25) is 0 Å². The molecule has 1 N–H and O–H groups in total. The molecule has 1 nitrogen and oxygen atoms in total. The number of alkyl halides is 3. The normalized spacial score (nSPS) is 14.2. The first-order valence-electron chi connectivity index (χ1n) is 4.40. The van der Waals surface area contributed by atoms with Crippen LogP contribution in [0.3, 0.4) is 0 Å². The molecule has 1 unspecified atom stereocenters. The monoisotopic (exact) mass is 195 g/mol. The van der Waals surface area contributed by atoms with E-state index in [1.54, 1.807) is 13.0 Å². The van der Waals surface area contributed by atoms with Crippen LogP contribution in [0.25, 0.3) is 0 Å². The lowest BCUT2D eigenvalue weighted by Gasteiger charge is -2.18. The van der Waals surface area contributed by atoms with Gasteiger partial charge in [-0.15, -0.1) is 6.58 Å². The van der Waals surface area contributed by atoms with Crippen LogP contribution in [0.1, 0.15) is 26.2 Å². The summed E-state index contributed by atoms with van der Waals surface area (Å²) >= 11 is 0. The maximum absolute atomic E-state index is 12.0. The standard InChI is InChI=1S/C9H16F3N/c1-3-5-6-8(13-4-2)7-9(10,11)12/h3,8,13H,1,4-7H2,2H3. The average molecular weight is 195 g/mol. The summed E-state index contributed by atoms with van der Waals surface area (Å²) in [7, 11) is 0. The van der Waals surface area contributed by atoms with Crippen molar-refractivity contribution in [2.45, 2.75) is 38.4 Å². The quantitative estimate of drug-likeness (QED) is 0.642. The van der Waals surface area contributed by atoms with Gasteiger partial charge in [0.2, 0.25) is 0 Å². The van der Waals surface area contributed by atoms with Crippen LogP contribution < -0.4 is 5.32 Å². The van der Waals surface area contributed by atoms with Gasteiger partial charge in [-0.05, 0) is 19.4 Å². The molecule has 78 valence electrons. The van der Waals surface area contributed by atoms with Crippen LogP contribution in [0.4, 0.5) is 13.2 Å². The second-order valence-corrected chi connectivity index (χ2v) is 2.94. The van der Waals surface area contributed by atoms with E-state index in [2.05, 4.69) is 11.9 Å². The maximum atomic E-state index is 12.0. The highest BCUT2D eigenvalue weighted by Crippen LogP contribution is 2.23. The molecular formula is C9H16F3N. The van der Waals surface area contributed by atoms with E-state index in [0.717, 1.165) is 0 Å². The molecule has 0 amide bonds. The Kier molecular flexibility index (Phi) is 5.79. The van der Waals surface area contributed by atoms with Crippen LogP contribution in [0, 0.1) is 0 Å². The molecular weight excluding hydrogens is 179 g/mol. The summed E-state index contributed by atoms with van der Waals surface area (Å²) in [6.45, 7) is 5.85. The molecule has 0 saturated heterocycles. The van der Waals surface area contributed by atoms with Gasteiger partial charge < -0.3 is 5.32 Å². The molecule has 1 atom stereocenters. The van der Waals surface area contributed by atoms with Crippen LogP contribution in [-0.4, -0.2) is 18.8 Å². The van der Waals surface area contributed by atoms with Gasteiger partial charge in [0.15, 0.2) is 0 Å². The highest BCUT2D eigenvalue weighted by Gasteiger charge is 2.30. The molecule has 0 heterocycles. The number of halogens is 3. The predicted octanol–water partition coefficient (Wildman–Crippen LogP) is 2.88. The Hall–Kier alpha value is -0.510. The first-order chi connectivity index (χ1) is 5.99. The zero-order chi connectivity index (χ0) is 10.3. The van der Waals surface area contributed by atoms with Crippen molar-refractivity contribution in [1.82, 2.24) is 5.32 Å². The van der Waals surface area contributed by atoms with E-state index in [0.29, 0.717) is 19.4 Å². The van der Waals surface area contributed by atoms with E-state index in [-0.39, 0.29) is 0 Å². The number of hydrogen-bond donors (Lipinski definition) is 1. The van der Waals surface area contributed by atoms with Gasteiger partial charge in [-0.3, -0.25) is 0 Å². The molecule has 0 bridgehead atoms. The van der Waals surface area contributed by atoms with Crippen molar-refractivity contribution in [3.05, 3.63) is 12.7 Å². The van der Waals surface area contributed by atoms with Crippen molar-refractivity contribution in [2.24, 2.45) is 0 Å². The minimum Gasteiger partial charge on any atom is -0.314 e. The Morgan fingerprint density at radius 2 is 2.08 bits per heavy atom. The van der Waals surface area contributed by atoms with E-state index >= 15 is 0 Å². The molecule has 0 aliphatic heterocycles. The minimum atomic E-state index is -4.08. The smallest absolute Gasteiger partial charge is 0.314 e. The third-order valence-electron chi connectivity index (χ3n) is 1.69. The summed E-state index contributed by atoms with van der Waals surface area (Å²) in [5.41, 5.74) is 0. The fourth-order valence-corrected chi connectivity index (χ4v) is 1.16. The Labute approximate surface area is 77.0 Å². The zero-order valence-corrected chi connectivity index (χ0v) is 7.82. The lowest BCUT2D eigenvalue weighted by atomic mass is 10.1. The van der Waals surface area contributed by atoms with Gasteiger partial charge in [0.1, 0.15) is 0 Å². The molecule has 0 aromatic carbocycles. The average Bonchev–Trinajstić information content (AvgIpc) is 1.98. The third-order valence-corrected chi connectivity index (χ3v) is 1.69. The molecule has 13 heavy (non-hydrogen) atoms. The van der Waals surface area contributed by atoms with Crippen molar-refractivity contribution in [3.8, 4) is 0 Å². The van der Waals surface area contributed by atoms with E-state index in [9.17, 15) is 13.2 Å².